The Kier molecular flexibility index (Phi) is 4.01. The summed E-state index contributed by atoms with van der Waals surface area (Å²) in [5.74, 6) is 1.23. The molecule has 0 saturated heterocycles. The minimum Gasteiger partial charge on any atom is -0.508 e. The fraction of sp³-hybridized carbons (Fsp3) is 0.0476. The highest BCUT2D eigenvalue weighted by molar-refractivity contribution is 5.63. The lowest BCUT2D eigenvalue weighted by molar-refractivity contribution is 0.475. The second-order valence-electron chi connectivity index (χ2n) is 5.79. The van der Waals surface area contributed by atoms with Gasteiger partial charge in [-0.25, -0.2) is 0 Å². The zero-order valence-corrected chi connectivity index (χ0v) is 13.5. The number of aromatic nitrogens is 2. The lowest BCUT2D eigenvalue weighted by Crippen LogP contribution is -1.88. The standard InChI is InChI=1S/C21H16N2O2/c24-19-12-10-18(11-13-19)21-23-22-20(25-21)14-15-6-8-17(9-7-15)16-4-2-1-3-5-16/h1-13,24H,14H2. The molecular formula is C21H16N2O2. The van der Waals surface area contributed by atoms with Gasteiger partial charge >= 0.3 is 0 Å². The van der Waals surface area contributed by atoms with Gasteiger partial charge in [-0.3, -0.25) is 0 Å². The van der Waals surface area contributed by atoms with Crippen molar-refractivity contribution in [3.05, 3.63) is 90.3 Å². The van der Waals surface area contributed by atoms with Gasteiger partial charge in [0, 0.05) is 5.56 Å². The Labute approximate surface area is 145 Å². The molecule has 4 nitrogen and oxygen atoms in total. The summed E-state index contributed by atoms with van der Waals surface area (Å²) < 4.78 is 5.72. The average Bonchev–Trinajstić information content (AvgIpc) is 3.12. The second kappa shape index (κ2) is 6.61. The minimum atomic E-state index is 0.210. The van der Waals surface area contributed by atoms with Gasteiger partial charge in [-0.2, -0.15) is 0 Å². The molecule has 1 N–H and O–H groups in total. The van der Waals surface area contributed by atoms with Gasteiger partial charge in [0.25, 0.3) is 0 Å². The molecule has 25 heavy (non-hydrogen) atoms. The van der Waals surface area contributed by atoms with E-state index in [4.69, 9.17) is 4.42 Å². The third kappa shape index (κ3) is 3.43. The number of hydrogen-bond donors (Lipinski definition) is 1. The summed E-state index contributed by atoms with van der Waals surface area (Å²) in [4.78, 5) is 0. The summed E-state index contributed by atoms with van der Waals surface area (Å²) in [6.45, 7) is 0. The van der Waals surface area contributed by atoms with Gasteiger partial charge in [-0.05, 0) is 41.0 Å². The minimum absolute atomic E-state index is 0.210. The van der Waals surface area contributed by atoms with Crippen molar-refractivity contribution in [1.82, 2.24) is 10.2 Å². The summed E-state index contributed by atoms with van der Waals surface area (Å²) in [5, 5.41) is 17.5. The normalized spacial score (nSPS) is 10.7. The summed E-state index contributed by atoms with van der Waals surface area (Å²) in [5.41, 5.74) is 4.28. The van der Waals surface area contributed by atoms with E-state index in [1.54, 1.807) is 24.3 Å². The molecule has 1 aromatic heterocycles. The number of benzene rings is 3. The second-order valence-corrected chi connectivity index (χ2v) is 5.79. The van der Waals surface area contributed by atoms with E-state index in [0.29, 0.717) is 18.2 Å². The van der Waals surface area contributed by atoms with Crippen LogP contribution < -0.4 is 0 Å². The Balaban J connectivity index is 1.50. The van der Waals surface area contributed by atoms with Crippen LogP contribution >= 0.6 is 0 Å². The topological polar surface area (TPSA) is 59.2 Å². The molecule has 0 amide bonds. The maximum atomic E-state index is 9.34. The number of phenolic OH excluding ortho intramolecular Hbond substituents is 1. The van der Waals surface area contributed by atoms with Crippen LogP contribution in [-0.4, -0.2) is 15.3 Å². The highest BCUT2D eigenvalue weighted by atomic mass is 16.4. The Bertz CT molecular complexity index is 959. The number of rotatable bonds is 4. The van der Waals surface area contributed by atoms with Crippen molar-refractivity contribution in [3.63, 3.8) is 0 Å². The highest BCUT2D eigenvalue weighted by Gasteiger charge is 2.09. The van der Waals surface area contributed by atoms with Crippen LogP contribution in [-0.2, 0) is 6.42 Å². The highest BCUT2D eigenvalue weighted by Crippen LogP contribution is 2.23. The summed E-state index contributed by atoms with van der Waals surface area (Å²) in [6, 6.07) is 25.3. The summed E-state index contributed by atoms with van der Waals surface area (Å²) in [6.07, 6.45) is 0.583. The van der Waals surface area contributed by atoms with Crippen molar-refractivity contribution >= 4 is 0 Å². The fourth-order valence-corrected chi connectivity index (χ4v) is 2.67. The van der Waals surface area contributed by atoms with E-state index in [-0.39, 0.29) is 5.75 Å². The molecule has 0 atom stereocenters. The molecule has 0 fully saturated rings. The zero-order valence-electron chi connectivity index (χ0n) is 13.5. The Morgan fingerprint density at radius 2 is 1.32 bits per heavy atom. The van der Waals surface area contributed by atoms with Gasteiger partial charge in [0.2, 0.25) is 11.8 Å². The zero-order chi connectivity index (χ0) is 17.1. The Morgan fingerprint density at radius 1 is 0.680 bits per heavy atom. The Hall–Kier alpha value is -3.40. The first-order valence-electron chi connectivity index (χ1n) is 8.04. The van der Waals surface area contributed by atoms with Crippen LogP contribution in [0.15, 0.2) is 83.3 Å². The van der Waals surface area contributed by atoms with Crippen LogP contribution in [0, 0.1) is 0 Å². The monoisotopic (exact) mass is 328 g/mol. The molecule has 4 aromatic rings. The molecule has 0 aliphatic heterocycles. The SMILES string of the molecule is Oc1ccc(-c2nnc(Cc3ccc(-c4ccccc4)cc3)o2)cc1. The summed E-state index contributed by atoms with van der Waals surface area (Å²) in [7, 11) is 0. The van der Waals surface area contributed by atoms with E-state index in [1.165, 1.54) is 11.1 Å². The molecule has 4 heteroatoms. The van der Waals surface area contributed by atoms with Crippen molar-refractivity contribution in [2.75, 3.05) is 0 Å². The third-order valence-corrected chi connectivity index (χ3v) is 4.00. The van der Waals surface area contributed by atoms with Gasteiger partial charge in [0.05, 0.1) is 6.42 Å². The number of hydrogen-bond acceptors (Lipinski definition) is 4. The van der Waals surface area contributed by atoms with Crippen LogP contribution in [0.3, 0.4) is 0 Å². The smallest absolute Gasteiger partial charge is 0.247 e. The quantitative estimate of drug-likeness (QED) is 0.590. The molecular weight excluding hydrogens is 312 g/mol. The molecule has 3 aromatic carbocycles. The lowest BCUT2D eigenvalue weighted by atomic mass is 10.0. The molecule has 0 aliphatic carbocycles. The van der Waals surface area contributed by atoms with E-state index in [2.05, 4.69) is 46.6 Å². The first kappa shape index (κ1) is 15.1. The molecule has 0 aliphatic rings. The van der Waals surface area contributed by atoms with Crippen LogP contribution in [0.4, 0.5) is 0 Å². The van der Waals surface area contributed by atoms with Crippen LogP contribution in [0.2, 0.25) is 0 Å². The third-order valence-electron chi connectivity index (χ3n) is 4.00. The van der Waals surface area contributed by atoms with Gasteiger partial charge in [0.1, 0.15) is 5.75 Å². The number of phenols is 1. The largest absolute Gasteiger partial charge is 0.508 e. The van der Waals surface area contributed by atoms with Crippen LogP contribution in [0.1, 0.15) is 11.5 Å². The van der Waals surface area contributed by atoms with Crippen LogP contribution in [0.5, 0.6) is 5.75 Å². The van der Waals surface area contributed by atoms with E-state index in [9.17, 15) is 5.11 Å². The maximum absolute atomic E-state index is 9.34. The Morgan fingerprint density at radius 3 is 2.04 bits per heavy atom. The van der Waals surface area contributed by atoms with Crippen molar-refractivity contribution in [3.8, 4) is 28.3 Å². The molecule has 122 valence electrons. The molecule has 1 heterocycles. The van der Waals surface area contributed by atoms with E-state index in [1.807, 2.05) is 18.2 Å². The van der Waals surface area contributed by atoms with Crippen molar-refractivity contribution < 1.29 is 9.52 Å². The number of aromatic hydroxyl groups is 1. The van der Waals surface area contributed by atoms with Crippen molar-refractivity contribution in [2.24, 2.45) is 0 Å². The molecule has 0 radical (unpaired) electrons. The summed E-state index contributed by atoms with van der Waals surface area (Å²) >= 11 is 0. The lowest BCUT2D eigenvalue weighted by Gasteiger charge is -2.03. The first-order valence-corrected chi connectivity index (χ1v) is 8.04. The van der Waals surface area contributed by atoms with Gasteiger partial charge in [-0.1, -0.05) is 54.6 Å². The molecule has 0 bridgehead atoms. The predicted molar refractivity (Wildman–Crippen MR) is 96.1 cm³/mol. The molecule has 0 saturated carbocycles. The van der Waals surface area contributed by atoms with Crippen molar-refractivity contribution in [2.45, 2.75) is 6.42 Å². The van der Waals surface area contributed by atoms with Gasteiger partial charge in [0.15, 0.2) is 0 Å². The van der Waals surface area contributed by atoms with Crippen LogP contribution in [0.25, 0.3) is 22.6 Å². The molecule has 0 spiro atoms. The van der Waals surface area contributed by atoms with Gasteiger partial charge < -0.3 is 9.52 Å². The van der Waals surface area contributed by atoms with Crippen molar-refractivity contribution in [1.29, 1.82) is 0 Å². The van der Waals surface area contributed by atoms with E-state index in [0.717, 1.165) is 11.1 Å². The number of nitrogens with zero attached hydrogens (tertiary/aromatic N) is 2. The predicted octanol–water partition coefficient (Wildman–Crippen LogP) is 4.70. The molecule has 0 unspecified atom stereocenters. The average molecular weight is 328 g/mol. The fourth-order valence-electron chi connectivity index (χ4n) is 2.67. The van der Waals surface area contributed by atoms with Gasteiger partial charge in [-0.15, -0.1) is 10.2 Å². The molecule has 4 rings (SSSR count). The van der Waals surface area contributed by atoms with E-state index < -0.39 is 0 Å². The first-order chi connectivity index (χ1) is 12.3. The van der Waals surface area contributed by atoms with E-state index >= 15 is 0 Å². The maximum Gasteiger partial charge on any atom is 0.247 e.